The molecule has 140 valence electrons. The molecule has 5 nitrogen and oxygen atoms in total. The van der Waals surface area contributed by atoms with Gasteiger partial charge in [-0.3, -0.25) is 0 Å². The van der Waals surface area contributed by atoms with Crippen LogP contribution in [0.2, 0.25) is 5.02 Å². The van der Waals surface area contributed by atoms with Crippen LogP contribution in [-0.4, -0.2) is 28.2 Å². The van der Waals surface area contributed by atoms with Crippen molar-refractivity contribution in [3.05, 3.63) is 79.8 Å². The molecule has 0 aliphatic rings. The lowest BCUT2D eigenvalue weighted by atomic mass is 10.2. The molecule has 1 unspecified atom stereocenters. The van der Waals surface area contributed by atoms with E-state index in [1.165, 1.54) is 0 Å². The topological polar surface area (TPSA) is 53.4 Å². The molecular weight excluding hydrogens is 546 g/mol. The maximum Gasteiger partial charge on any atom is 0.340 e. The van der Waals surface area contributed by atoms with Gasteiger partial charge in [0.1, 0.15) is 12.4 Å². The molecule has 0 amide bonds. The largest absolute Gasteiger partial charge is 0.490 e. The van der Waals surface area contributed by atoms with Gasteiger partial charge < -0.3 is 14.0 Å². The number of imidazole rings is 1. The van der Waals surface area contributed by atoms with E-state index in [0.717, 1.165) is 8.04 Å². The first-order chi connectivity index (χ1) is 13.0. The summed E-state index contributed by atoms with van der Waals surface area (Å²) in [4.78, 5) is 16.6. The van der Waals surface area contributed by atoms with Crippen LogP contribution in [0.15, 0.2) is 65.7 Å². The van der Waals surface area contributed by atoms with Crippen molar-refractivity contribution in [1.82, 2.24) is 9.55 Å². The molecule has 0 aliphatic carbocycles. The molecule has 0 bridgehead atoms. The first kappa shape index (κ1) is 20.2. The summed E-state index contributed by atoms with van der Waals surface area (Å²) in [5, 5.41) is 0.328. The van der Waals surface area contributed by atoms with Crippen LogP contribution in [0.1, 0.15) is 10.4 Å². The Kier molecular flexibility index (Phi) is 7.14. The highest BCUT2D eigenvalue weighted by atomic mass is 127. The van der Waals surface area contributed by atoms with Gasteiger partial charge in [0, 0.05) is 20.4 Å². The van der Waals surface area contributed by atoms with Crippen LogP contribution in [0.3, 0.4) is 0 Å². The summed E-state index contributed by atoms with van der Waals surface area (Å²) in [6.07, 6.45) is 4.63. The predicted octanol–water partition coefficient (Wildman–Crippen LogP) is 5.21. The van der Waals surface area contributed by atoms with Crippen molar-refractivity contribution >= 4 is 56.1 Å². The summed E-state index contributed by atoms with van der Waals surface area (Å²) in [6, 6.07) is 12.7. The van der Waals surface area contributed by atoms with Crippen molar-refractivity contribution in [3.63, 3.8) is 0 Å². The highest BCUT2D eigenvalue weighted by Crippen LogP contribution is 2.23. The second-order valence-electron chi connectivity index (χ2n) is 5.68. The lowest BCUT2D eigenvalue weighted by Gasteiger charge is -2.19. The summed E-state index contributed by atoms with van der Waals surface area (Å²) < 4.78 is 15.2. The van der Waals surface area contributed by atoms with Crippen LogP contribution < -0.4 is 4.74 Å². The number of hydrogen-bond acceptors (Lipinski definition) is 4. The van der Waals surface area contributed by atoms with E-state index >= 15 is 0 Å². The SMILES string of the molecule is O=C(OC(COc1ccc(I)cc1)Cn1ccnc1)c1ccc(Br)cc1Cl. The molecule has 0 saturated heterocycles. The Labute approximate surface area is 183 Å². The highest BCUT2D eigenvalue weighted by Gasteiger charge is 2.20. The van der Waals surface area contributed by atoms with Crippen molar-refractivity contribution in [2.75, 3.05) is 6.61 Å². The zero-order valence-corrected chi connectivity index (χ0v) is 18.5. The Balaban J connectivity index is 1.70. The van der Waals surface area contributed by atoms with Gasteiger partial charge in [-0.25, -0.2) is 9.78 Å². The van der Waals surface area contributed by atoms with Gasteiger partial charge in [0.15, 0.2) is 6.10 Å². The Morgan fingerprint density at radius 1 is 1.26 bits per heavy atom. The number of carbonyl (C=O) groups is 1. The van der Waals surface area contributed by atoms with E-state index in [-0.39, 0.29) is 6.61 Å². The Hall–Kier alpha value is -1.58. The number of nitrogens with zero attached hydrogens (tertiary/aromatic N) is 2. The van der Waals surface area contributed by atoms with Crippen molar-refractivity contribution in [1.29, 1.82) is 0 Å². The van der Waals surface area contributed by atoms with Crippen molar-refractivity contribution < 1.29 is 14.3 Å². The molecule has 0 spiro atoms. The fourth-order valence-electron chi connectivity index (χ4n) is 2.34. The number of aromatic nitrogens is 2. The second-order valence-corrected chi connectivity index (χ2v) is 8.24. The molecular formula is C19H15BrClIN2O3. The maximum absolute atomic E-state index is 12.6. The lowest BCUT2D eigenvalue weighted by molar-refractivity contribution is 0.0125. The average molecular weight is 562 g/mol. The predicted molar refractivity (Wildman–Crippen MR) is 115 cm³/mol. The van der Waals surface area contributed by atoms with Crippen molar-refractivity contribution in [2.24, 2.45) is 0 Å². The van der Waals surface area contributed by atoms with Gasteiger partial charge in [0.25, 0.3) is 0 Å². The van der Waals surface area contributed by atoms with Crippen LogP contribution in [0, 0.1) is 3.57 Å². The number of esters is 1. The van der Waals surface area contributed by atoms with Gasteiger partial charge in [-0.1, -0.05) is 27.5 Å². The minimum absolute atomic E-state index is 0.207. The molecule has 0 saturated carbocycles. The fraction of sp³-hybridized carbons (Fsp3) is 0.158. The third-order valence-corrected chi connectivity index (χ3v) is 5.17. The van der Waals surface area contributed by atoms with Gasteiger partial charge in [-0.2, -0.15) is 0 Å². The third kappa shape index (κ3) is 5.95. The fourth-order valence-corrected chi connectivity index (χ4v) is 3.45. The van der Waals surface area contributed by atoms with Crippen molar-refractivity contribution in [3.8, 4) is 5.75 Å². The van der Waals surface area contributed by atoms with E-state index < -0.39 is 12.1 Å². The number of ether oxygens (including phenoxy) is 2. The minimum atomic E-state index is -0.509. The molecule has 1 aromatic heterocycles. The van der Waals surface area contributed by atoms with Crippen LogP contribution in [0.5, 0.6) is 5.75 Å². The lowest BCUT2D eigenvalue weighted by Crippen LogP contribution is -2.29. The molecule has 0 aliphatic heterocycles. The second kappa shape index (κ2) is 9.57. The van der Waals surface area contributed by atoms with Gasteiger partial charge in [-0.05, 0) is 65.1 Å². The monoisotopic (exact) mass is 560 g/mol. The van der Waals surface area contributed by atoms with Gasteiger partial charge >= 0.3 is 5.97 Å². The Bertz CT molecular complexity index is 904. The zero-order chi connectivity index (χ0) is 19.2. The minimum Gasteiger partial charge on any atom is -0.490 e. The molecule has 2 aromatic carbocycles. The van der Waals surface area contributed by atoms with E-state index in [1.54, 1.807) is 36.9 Å². The van der Waals surface area contributed by atoms with Crippen molar-refractivity contribution in [2.45, 2.75) is 12.6 Å². The van der Waals surface area contributed by atoms with Crippen LogP contribution in [0.4, 0.5) is 0 Å². The molecule has 0 N–H and O–H groups in total. The Morgan fingerprint density at radius 2 is 2.04 bits per heavy atom. The first-order valence-electron chi connectivity index (χ1n) is 8.01. The van der Waals surface area contributed by atoms with Gasteiger partial charge in [0.05, 0.1) is 23.5 Å². The first-order valence-corrected chi connectivity index (χ1v) is 10.3. The summed E-state index contributed by atoms with van der Waals surface area (Å²) in [5.41, 5.74) is 0.310. The quantitative estimate of drug-likeness (QED) is 0.294. The molecule has 27 heavy (non-hydrogen) atoms. The molecule has 3 aromatic rings. The number of hydrogen-bond donors (Lipinski definition) is 0. The number of rotatable bonds is 7. The number of halogens is 3. The normalized spacial score (nSPS) is 11.8. The van der Waals surface area contributed by atoms with E-state index in [4.69, 9.17) is 21.1 Å². The third-order valence-electron chi connectivity index (χ3n) is 3.65. The molecule has 1 heterocycles. The van der Waals surface area contributed by atoms with E-state index in [0.29, 0.717) is 22.9 Å². The van der Waals surface area contributed by atoms with E-state index in [9.17, 15) is 4.79 Å². The van der Waals surface area contributed by atoms with E-state index in [2.05, 4.69) is 43.5 Å². The zero-order valence-electron chi connectivity index (χ0n) is 14.0. The standard InChI is InChI=1S/C19H15BrClIN2O3/c20-13-1-6-17(18(21)9-13)19(25)27-16(10-24-8-7-23-12-24)11-26-15-4-2-14(22)3-5-15/h1-9,12,16H,10-11H2. The molecule has 0 radical (unpaired) electrons. The summed E-state index contributed by atoms with van der Waals surface area (Å²) in [7, 11) is 0. The van der Waals surface area contributed by atoms with Crippen LogP contribution >= 0.6 is 50.1 Å². The van der Waals surface area contributed by atoms with Crippen LogP contribution in [-0.2, 0) is 11.3 Å². The molecule has 8 heteroatoms. The van der Waals surface area contributed by atoms with Crippen LogP contribution in [0.25, 0.3) is 0 Å². The summed E-state index contributed by atoms with van der Waals surface area (Å²) in [6.45, 7) is 0.628. The highest BCUT2D eigenvalue weighted by molar-refractivity contribution is 14.1. The maximum atomic E-state index is 12.6. The average Bonchev–Trinajstić information content (AvgIpc) is 3.14. The summed E-state index contributed by atoms with van der Waals surface area (Å²) in [5.74, 6) is 0.215. The molecule has 3 rings (SSSR count). The van der Waals surface area contributed by atoms with Gasteiger partial charge in [0.2, 0.25) is 0 Å². The van der Waals surface area contributed by atoms with Gasteiger partial charge in [-0.15, -0.1) is 0 Å². The number of carbonyl (C=O) groups excluding carboxylic acids is 1. The number of benzene rings is 2. The smallest absolute Gasteiger partial charge is 0.340 e. The molecule has 0 fully saturated rings. The summed E-state index contributed by atoms with van der Waals surface area (Å²) >= 11 is 11.7. The van der Waals surface area contributed by atoms with E-state index in [1.807, 2.05) is 28.8 Å². The Morgan fingerprint density at radius 3 is 2.70 bits per heavy atom. The molecule has 1 atom stereocenters.